The van der Waals surface area contributed by atoms with Crippen LogP contribution >= 0.6 is 0 Å². The molecule has 1 N–H and O–H groups in total. The van der Waals surface area contributed by atoms with E-state index in [4.69, 9.17) is 4.74 Å². The summed E-state index contributed by atoms with van der Waals surface area (Å²) in [4.78, 5) is 2.35. The van der Waals surface area contributed by atoms with Crippen molar-refractivity contribution in [1.82, 2.24) is 4.90 Å². The quantitative estimate of drug-likeness (QED) is 0.872. The van der Waals surface area contributed by atoms with Gasteiger partial charge >= 0.3 is 0 Å². The number of benzene rings is 1. The zero-order valence-corrected chi connectivity index (χ0v) is 14.5. The molecule has 1 aromatic carbocycles. The summed E-state index contributed by atoms with van der Waals surface area (Å²) in [6, 6.07) is 6.33. The Bertz CT molecular complexity index is 465. The van der Waals surface area contributed by atoms with Crippen LogP contribution in [0, 0.1) is 12.8 Å². The van der Waals surface area contributed by atoms with Crippen molar-refractivity contribution >= 4 is 0 Å². The number of rotatable bonds is 6. The number of piperidine rings is 1. The molecule has 1 heterocycles. The summed E-state index contributed by atoms with van der Waals surface area (Å²) in [6.45, 7) is 12.0. The van der Waals surface area contributed by atoms with Gasteiger partial charge in [0.25, 0.3) is 0 Å². The lowest BCUT2D eigenvalue weighted by molar-refractivity contribution is 0.0559. The van der Waals surface area contributed by atoms with E-state index in [-0.39, 0.29) is 0 Å². The number of β-amino-alcohol motifs (C(OH)–C–C–N with tert-alkyl or cyclic N) is 1. The Morgan fingerprint density at radius 2 is 1.95 bits per heavy atom. The van der Waals surface area contributed by atoms with Crippen LogP contribution in [0.1, 0.15) is 50.7 Å². The van der Waals surface area contributed by atoms with E-state index >= 15 is 0 Å². The van der Waals surface area contributed by atoms with E-state index < -0.39 is 6.10 Å². The summed E-state index contributed by atoms with van der Waals surface area (Å²) in [5.74, 6) is 2.17. The van der Waals surface area contributed by atoms with E-state index in [2.05, 4.69) is 50.8 Å². The largest absolute Gasteiger partial charge is 0.491 e. The Labute approximate surface area is 135 Å². The SMILES string of the molecule is Cc1ccc(C(C)C)c(OC[C@H](O)CN2CCC(C)CC2)c1. The Morgan fingerprint density at radius 1 is 1.27 bits per heavy atom. The van der Waals surface area contributed by atoms with Crippen LogP contribution in [0.4, 0.5) is 0 Å². The van der Waals surface area contributed by atoms with E-state index in [1.54, 1.807) is 0 Å². The molecule has 0 aromatic heterocycles. The van der Waals surface area contributed by atoms with Gasteiger partial charge in [0.05, 0.1) is 0 Å². The van der Waals surface area contributed by atoms with Gasteiger partial charge in [-0.25, -0.2) is 0 Å². The Kier molecular flexibility index (Phi) is 6.27. The van der Waals surface area contributed by atoms with Gasteiger partial charge in [0, 0.05) is 6.54 Å². The van der Waals surface area contributed by atoms with Gasteiger partial charge in [-0.1, -0.05) is 32.9 Å². The smallest absolute Gasteiger partial charge is 0.123 e. The van der Waals surface area contributed by atoms with Gasteiger partial charge in [0.2, 0.25) is 0 Å². The van der Waals surface area contributed by atoms with Crippen LogP contribution < -0.4 is 4.74 Å². The molecule has 3 heteroatoms. The summed E-state index contributed by atoms with van der Waals surface area (Å²) in [6.07, 6.45) is 2.06. The van der Waals surface area contributed by atoms with Crippen molar-refractivity contribution in [3.8, 4) is 5.75 Å². The molecule has 0 radical (unpaired) electrons. The lowest BCUT2D eigenvalue weighted by Gasteiger charge is -2.31. The van der Waals surface area contributed by atoms with Crippen LogP contribution in [0.3, 0.4) is 0 Å². The molecule has 124 valence electrons. The molecule has 1 fully saturated rings. The maximum Gasteiger partial charge on any atom is 0.123 e. The Balaban J connectivity index is 1.85. The molecule has 22 heavy (non-hydrogen) atoms. The molecule has 0 unspecified atom stereocenters. The fraction of sp³-hybridized carbons (Fsp3) is 0.684. The highest BCUT2D eigenvalue weighted by molar-refractivity contribution is 5.39. The van der Waals surface area contributed by atoms with E-state index in [0.29, 0.717) is 12.5 Å². The second-order valence-corrected chi connectivity index (χ2v) is 7.14. The normalized spacial score (nSPS) is 18.6. The third-order valence-corrected chi connectivity index (χ3v) is 4.57. The minimum atomic E-state index is -0.422. The number of aliphatic hydroxyl groups is 1. The first kappa shape index (κ1) is 17.3. The molecule has 1 saturated heterocycles. The van der Waals surface area contributed by atoms with Crippen LogP contribution in [0.25, 0.3) is 0 Å². The molecular weight excluding hydrogens is 274 g/mol. The van der Waals surface area contributed by atoms with Gasteiger partial charge < -0.3 is 14.7 Å². The van der Waals surface area contributed by atoms with Gasteiger partial charge in [0.15, 0.2) is 0 Å². The van der Waals surface area contributed by atoms with Crippen molar-refractivity contribution in [3.63, 3.8) is 0 Å². The van der Waals surface area contributed by atoms with Gasteiger partial charge in [-0.2, -0.15) is 0 Å². The second kappa shape index (κ2) is 7.98. The van der Waals surface area contributed by atoms with Gasteiger partial charge in [-0.3, -0.25) is 0 Å². The molecule has 0 bridgehead atoms. The zero-order chi connectivity index (χ0) is 16.1. The summed E-state index contributed by atoms with van der Waals surface area (Å²) >= 11 is 0. The fourth-order valence-electron chi connectivity index (χ4n) is 3.02. The first-order valence-corrected chi connectivity index (χ1v) is 8.59. The number of aryl methyl sites for hydroxylation is 1. The van der Waals surface area contributed by atoms with Crippen molar-refractivity contribution in [1.29, 1.82) is 0 Å². The average molecular weight is 305 g/mol. The van der Waals surface area contributed by atoms with E-state index in [1.807, 2.05) is 0 Å². The number of hydrogen-bond acceptors (Lipinski definition) is 3. The first-order chi connectivity index (χ1) is 10.5. The van der Waals surface area contributed by atoms with Gasteiger partial charge in [-0.05, 0) is 61.9 Å². The predicted octanol–water partition coefficient (Wildman–Crippen LogP) is 3.59. The van der Waals surface area contributed by atoms with Gasteiger partial charge in [-0.15, -0.1) is 0 Å². The van der Waals surface area contributed by atoms with Gasteiger partial charge in [0.1, 0.15) is 18.5 Å². The van der Waals surface area contributed by atoms with Crippen molar-refractivity contribution in [2.24, 2.45) is 5.92 Å². The molecule has 1 aliphatic rings. The molecule has 0 spiro atoms. The maximum absolute atomic E-state index is 10.3. The van der Waals surface area contributed by atoms with E-state index in [1.165, 1.54) is 24.0 Å². The Hall–Kier alpha value is -1.06. The van der Waals surface area contributed by atoms with Crippen LogP contribution in [0.2, 0.25) is 0 Å². The summed E-state index contributed by atoms with van der Waals surface area (Å²) in [5.41, 5.74) is 2.41. The molecule has 1 aliphatic heterocycles. The molecular formula is C19H31NO2. The van der Waals surface area contributed by atoms with Crippen LogP contribution in [0.15, 0.2) is 18.2 Å². The molecule has 0 amide bonds. The predicted molar refractivity (Wildman–Crippen MR) is 91.6 cm³/mol. The third kappa shape index (κ3) is 4.99. The number of likely N-dealkylation sites (tertiary alicyclic amines) is 1. The fourth-order valence-corrected chi connectivity index (χ4v) is 3.02. The third-order valence-electron chi connectivity index (χ3n) is 4.57. The molecule has 0 aliphatic carbocycles. The summed E-state index contributed by atoms with van der Waals surface area (Å²) in [5, 5.41) is 10.3. The standard InChI is InChI=1S/C19H31NO2/c1-14(2)18-6-5-16(4)11-19(18)22-13-17(21)12-20-9-7-15(3)8-10-20/h5-6,11,14-15,17,21H,7-10,12-13H2,1-4H3/t17-/m1/s1. The van der Waals surface area contributed by atoms with Crippen molar-refractivity contribution < 1.29 is 9.84 Å². The topological polar surface area (TPSA) is 32.7 Å². The monoisotopic (exact) mass is 305 g/mol. The number of hydrogen-bond donors (Lipinski definition) is 1. The van der Waals surface area contributed by atoms with Crippen molar-refractivity contribution in [3.05, 3.63) is 29.3 Å². The lowest BCUT2D eigenvalue weighted by Crippen LogP contribution is -2.40. The number of nitrogens with zero attached hydrogens (tertiary/aromatic N) is 1. The highest BCUT2D eigenvalue weighted by Gasteiger charge is 2.19. The highest BCUT2D eigenvalue weighted by atomic mass is 16.5. The number of ether oxygens (including phenoxy) is 1. The maximum atomic E-state index is 10.3. The molecule has 0 saturated carbocycles. The molecule has 2 rings (SSSR count). The molecule has 1 atom stereocenters. The first-order valence-electron chi connectivity index (χ1n) is 8.59. The minimum absolute atomic E-state index is 0.370. The van der Waals surface area contributed by atoms with Crippen molar-refractivity contribution in [2.45, 2.75) is 52.6 Å². The summed E-state index contributed by atoms with van der Waals surface area (Å²) < 4.78 is 5.93. The highest BCUT2D eigenvalue weighted by Crippen LogP contribution is 2.27. The number of aliphatic hydroxyl groups excluding tert-OH is 1. The zero-order valence-electron chi connectivity index (χ0n) is 14.5. The molecule has 3 nitrogen and oxygen atoms in total. The average Bonchev–Trinajstić information content (AvgIpc) is 2.47. The van der Waals surface area contributed by atoms with E-state index in [0.717, 1.165) is 31.3 Å². The second-order valence-electron chi connectivity index (χ2n) is 7.14. The van der Waals surface area contributed by atoms with Crippen LogP contribution in [-0.2, 0) is 0 Å². The van der Waals surface area contributed by atoms with Crippen molar-refractivity contribution in [2.75, 3.05) is 26.2 Å². The minimum Gasteiger partial charge on any atom is -0.491 e. The Morgan fingerprint density at radius 3 is 2.59 bits per heavy atom. The summed E-state index contributed by atoms with van der Waals surface area (Å²) in [7, 11) is 0. The lowest BCUT2D eigenvalue weighted by atomic mass is 9.99. The van der Waals surface area contributed by atoms with E-state index in [9.17, 15) is 5.11 Å². The van der Waals surface area contributed by atoms with Crippen LogP contribution in [0.5, 0.6) is 5.75 Å². The van der Waals surface area contributed by atoms with Crippen LogP contribution in [-0.4, -0.2) is 42.4 Å². The molecule has 1 aromatic rings.